The number of pyridine rings is 1. The zero-order valence-electron chi connectivity index (χ0n) is 25.3. The Labute approximate surface area is 260 Å². The number of piperazine rings is 1. The maximum atomic E-state index is 13.0. The summed E-state index contributed by atoms with van der Waals surface area (Å²) in [6.07, 6.45) is 5.67. The predicted octanol–water partition coefficient (Wildman–Crippen LogP) is 3.78. The van der Waals surface area contributed by atoms with E-state index in [1.165, 1.54) is 0 Å². The van der Waals surface area contributed by atoms with Crippen molar-refractivity contribution >= 4 is 33.7 Å². The van der Waals surface area contributed by atoms with Crippen molar-refractivity contribution in [2.75, 3.05) is 56.5 Å². The lowest BCUT2D eigenvalue weighted by atomic mass is 9.92. The number of piperidine rings is 1. The van der Waals surface area contributed by atoms with E-state index in [0.717, 1.165) is 90.4 Å². The van der Waals surface area contributed by atoms with Crippen LogP contribution < -0.4 is 15.5 Å². The third kappa shape index (κ3) is 5.44. The second-order valence-corrected chi connectivity index (χ2v) is 13.4. The standard InChI is InChI=1S/C31H37N11OS/c1-19(2)35-25-13-26(27-7-6-23-12-20(14-32)15-34-42(23)27)33-16-24(25)29-37-38-31(44-29)41-17-21-4-5-22(18-41)28(21)36-30(43)40-10-8-39(3)9-11-40/h6-7,12-13,15-16,19,21-22,28H,4-5,8-11,17-18H2,1-3H3,(H,33,35)(H,36,43)/t21-,22?,28?/m1/s1. The largest absolute Gasteiger partial charge is 0.382 e. The third-order valence-corrected chi connectivity index (χ3v) is 10.1. The minimum Gasteiger partial charge on any atom is -0.382 e. The molecule has 1 aliphatic carbocycles. The number of amides is 2. The number of urea groups is 1. The van der Waals surface area contributed by atoms with E-state index >= 15 is 0 Å². The van der Waals surface area contributed by atoms with Gasteiger partial charge in [0.1, 0.15) is 6.07 Å². The molecule has 7 rings (SSSR count). The fourth-order valence-corrected chi connectivity index (χ4v) is 7.65. The van der Waals surface area contributed by atoms with Gasteiger partial charge in [-0.25, -0.2) is 9.31 Å². The summed E-state index contributed by atoms with van der Waals surface area (Å²) in [5.41, 5.74) is 4.82. The van der Waals surface area contributed by atoms with E-state index in [2.05, 4.69) is 62.7 Å². The average molecular weight is 612 g/mol. The first kappa shape index (κ1) is 28.5. The molecule has 13 heteroatoms. The summed E-state index contributed by atoms with van der Waals surface area (Å²) in [5.74, 6) is 0.817. The van der Waals surface area contributed by atoms with Crippen molar-refractivity contribution in [2.45, 2.75) is 38.8 Å². The zero-order valence-corrected chi connectivity index (χ0v) is 26.1. The van der Waals surface area contributed by atoms with Crippen LogP contribution in [0.4, 0.5) is 15.6 Å². The number of nitriles is 1. The minimum atomic E-state index is 0.0867. The summed E-state index contributed by atoms with van der Waals surface area (Å²) >= 11 is 1.59. The summed E-state index contributed by atoms with van der Waals surface area (Å²) < 4.78 is 1.80. The topological polar surface area (TPSA) is 131 Å². The molecule has 4 aromatic heterocycles. The predicted molar refractivity (Wildman–Crippen MR) is 171 cm³/mol. The number of anilines is 2. The molecule has 3 atom stereocenters. The van der Waals surface area contributed by atoms with Gasteiger partial charge in [0.25, 0.3) is 0 Å². The van der Waals surface area contributed by atoms with Crippen molar-refractivity contribution in [3.8, 4) is 28.0 Å². The van der Waals surface area contributed by atoms with Crippen molar-refractivity contribution in [3.63, 3.8) is 0 Å². The van der Waals surface area contributed by atoms with E-state index in [1.807, 2.05) is 35.4 Å². The van der Waals surface area contributed by atoms with Crippen LogP contribution in [0.15, 0.2) is 36.7 Å². The minimum absolute atomic E-state index is 0.0867. The van der Waals surface area contributed by atoms with Crippen LogP contribution in [0.1, 0.15) is 32.3 Å². The van der Waals surface area contributed by atoms with Crippen LogP contribution in [-0.2, 0) is 0 Å². The van der Waals surface area contributed by atoms with Crippen LogP contribution in [0.2, 0.25) is 0 Å². The zero-order chi connectivity index (χ0) is 30.4. The first-order valence-electron chi connectivity index (χ1n) is 15.3. The van der Waals surface area contributed by atoms with Crippen LogP contribution in [-0.4, -0.2) is 99.0 Å². The Morgan fingerprint density at radius 2 is 1.84 bits per heavy atom. The van der Waals surface area contributed by atoms with E-state index in [9.17, 15) is 10.1 Å². The normalized spacial score (nSPS) is 22.0. The molecule has 6 heterocycles. The fraction of sp³-hybridized carbons (Fsp3) is 0.484. The Bertz CT molecular complexity index is 1700. The highest BCUT2D eigenvalue weighted by Crippen LogP contribution is 2.41. The Hall–Kier alpha value is -4.28. The van der Waals surface area contributed by atoms with Crippen LogP contribution in [0.3, 0.4) is 0 Å². The van der Waals surface area contributed by atoms with Gasteiger partial charge >= 0.3 is 6.03 Å². The second-order valence-electron chi connectivity index (χ2n) is 12.5. The lowest BCUT2D eigenvalue weighted by Crippen LogP contribution is -2.57. The fourth-order valence-electron chi connectivity index (χ4n) is 6.76. The summed E-state index contributed by atoms with van der Waals surface area (Å²) in [5, 5.41) is 31.6. The molecule has 2 saturated heterocycles. The van der Waals surface area contributed by atoms with Gasteiger partial charge in [-0.1, -0.05) is 11.3 Å². The number of carbonyl (C=O) groups excluding carboxylic acids is 1. The SMILES string of the molecule is CC(C)Nc1cc(-c2ccc3cc(C#N)cnn23)ncc1-c1nnc(N2CC3CC[C@H](C2)C3NC(=O)N2CCN(C)CC2)s1. The molecule has 2 aliphatic heterocycles. The number of hydrogen-bond acceptors (Lipinski definition) is 10. The van der Waals surface area contributed by atoms with Crippen molar-refractivity contribution in [3.05, 3.63) is 42.2 Å². The molecule has 4 aromatic rings. The monoisotopic (exact) mass is 611 g/mol. The van der Waals surface area contributed by atoms with Crippen molar-refractivity contribution in [1.29, 1.82) is 5.26 Å². The summed E-state index contributed by atoms with van der Waals surface area (Å²) in [4.78, 5) is 24.4. The molecule has 2 bridgehead atoms. The number of fused-ring (bicyclic) bond motifs is 3. The first-order chi connectivity index (χ1) is 21.4. The molecule has 2 N–H and O–H groups in total. The number of nitrogens with one attached hydrogen (secondary N) is 2. The molecule has 12 nitrogen and oxygen atoms in total. The highest BCUT2D eigenvalue weighted by atomic mass is 32.1. The van der Waals surface area contributed by atoms with Gasteiger partial charge in [0, 0.05) is 63.2 Å². The number of nitrogens with zero attached hydrogens (tertiary/aromatic N) is 9. The molecule has 1 saturated carbocycles. The summed E-state index contributed by atoms with van der Waals surface area (Å²) in [6, 6.07) is 10.4. The van der Waals surface area contributed by atoms with Gasteiger partial charge in [-0.2, -0.15) is 10.4 Å². The average Bonchev–Trinajstić information content (AvgIpc) is 3.73. The molecular weight excluding hydrogens is 574 g/mol. The second kappa shape index (κ2) is 11.7. The molecule has 44 heavy (non-hydrogen) atoms. The van der Waals surface area contributed by atoms with Gasteiger partial charge in [0.15, 0.2) is 5.01 Å². The van der Waals surface area contributed by atoms with Gasteiger partial charge in [-0.15, -0.1) is 10.2 Å². The van der Waals surface area contributed by atoms with Crippen molar-refractivity contribution in [2.24, 2.45) is 11.8 Å². The van der Waals surface area contributed by atoms with Crippen LogP contribution in [0, 0.1) is 23.2 Å². The molecule has 228 valence electrons. The molecule has 3 aliphatic rings. The van der Waals surface area contributed by atoms with E-state index in [4.69, 9.17) is 4.98 Å². The van der Waals surface area contributed by atoms with E-state index in [1.54, 1.807) is 22.0 Å². The third-order valence-electron chi connectivity index (χ3n) is 9.07. The number of rotatable bonds is 6. The molecule has 2 amide bonds. The quantitative estimate of drug-likeness (QED) is 0.335. The van der Waals surface area contributed by atoms with Gasteiger partial charge in [0.05, 0.1) is 34.2 Å². The molecule has 0 aromatic carbocycles. The lowest BCUT2D eigenvalue weighted by Gasteiger charge is -2.40. The Kier molecular flexibility index (Phi) is 7.55. The molecular formula is C31H37N11OS. The lowest BCUT2D eigenvalue weighted by molar-refractivity contribution is 0.146. The van der Waals surface area contributed by atoms with Crippen LogP contribution in [0.5, 0.6) is 0 Å². The molecule has 3 fully saturated rings. The van der Waals surface area contributed by atoms with Crippen molar-refractivity contribution in [1.82, 2.24) is 39.9 Å². The molecule has 0 spiro atoms. The van der Waals surface area contributed by atoms with Gasteiger partial charge < -0.3 is 25.3 Å². The Balaban J connectivity index is 1.09. The Morgan fingerprint density at radius 1 is 1.07 bits per heavy atom. The van der Waals surface area contributed by atoms with E-state index in [0.29, 0.717) is 17.4 Å². The number of hydrogen-bond donors (Lipinski definition) is 2. The van der Waals surface area contributed by atoms with Gasteiger partial charge in [-0.3, -0.25) is 4.98 Å². The number of likely N-dealkylation sites (N-methyl/N-ethyl adjacent to an activating group) is 1. The maximum Gasteiger partial charge on any atom is 0.317 e. The first-order valence-corrected chi connectivity index (χ1v) is 16.2. The number of carbonyl (C=O) groups is 1. The summed E-state index contributed by atoms with van der Waals surface area (Å²) in [6.45, 7) is 9.38. The number of aromatic nitrogens is 5. The van der Waals surface area contributed by atoms with Gasteiger partial charge in [-0.05, 0) is 69.8 Å². The maximum absolute atomic E-state index is 13.0. The highest BCUT2D eigenvalue weighted by molar-refractivity contribution is 7.18. The van der Waals surface area contributed by atoms with E-state index in [-0.39, 0.29) is 18.1 Å². The van der Waals surface area contributed by atoms with Gasteiger partial charge in [0.2, 0.25) is 5.13 Å². The summed E-state index contributed by atoms with van der Waals surface area (Å²) in [7, 11) is 2.10. The van der Waals surface area contributed by atoms with Crippen LogP contribution >= 0.6 is 11.3 Å². The van der Waals surface area contributed by atoms with Crippen LogP contribution in [0.25, 0.3) is 27.5 Å². The molecule has 0 radical (unpaired) electrons. The smallest absolute Gasteiger partial charge is 0.317 e. The molecule has 2 unspecified atom stereocenters. The van der Waals surface area contributed by atoms with Crippen molar-refractivity contribution < 1.29 is 4.79 Å². The highest BCUT2D eigenvalue weighted by Gasteiger charge is 2.44. The van der Waals surface area contributed by atoms with E-state index < -0.39 is 0 Å². The Morgan fingerprint density at radius 3 is 2.57 bits per heavy atom.